The van der Waals surface area contributed by atoms with Gasteiger partial charge in [-0.3, -0.25) is 14.4 Å². The lowest BCUT2D eigenvalue weighted by atomic mass is 9.99. The second kappa shape index (κ2) is 6.73. The summed E-state index contributed by atoms with van der Waals surface area (Å²) in [5.74, 6) is -2.22. The van der Waals surface area contributed by atoms with Crippen molar-refractivity contribution < 1.29 is 24.5 Å². The fraction of sp³-hybridized carbons (Fsp3) is 0.150. The Bertz CT molecular complexity index is 1170. The van der Waals surface area contributed by atoms with Crippen molar-refractivity contribution in [2.24, 2.45) is 0 Å². The molecule has 0 fully saturated rings. The van der Waals surface area contributed by atoms with Crippen LogP contribution in [-0.2, 0) is 11.3 Å². The van der Waals surface area contributed by atoms with Crippen LogP contribution in [0, 0.1) is 0 Å². The molecule has 28 heavy (non-hydrogen) atoms. The summed E-state index contributed by atoms with van der Waals surface area (Å²) >= 11 is 0. The number of carboxylic acids is 1. The smallest absolute Gasteiger partial charge is 0.322 e. The molecule has 0 atom stereocenters. The van der Waals surface area contributed by atoms with E-state index in [-0.39, 0.29) is 18.5 Å². The van der Waals surface area contributed by atoms with Crippen LogP contribution in [0.2, 0.25) is 0 Å². The number of benzene rings is 2. The molecular weight excluding hydrogens is 364 g/mol. The maximum Gasteiger partial charge on any atom is 0.322 e. The minimum atomic E-state index is -1.25. The highest BCUT2D eigenvalue weighted by atomic mass is 16.5. The molecule has 3 aromatic rings. The van der Waals surface area contributed by atoms with E-state index in [2.05, 4.69) is 5.32 Å². The Morgan fingerprint density at radius 1 is 1.14 bits per heavy atom. The molecular formula is C20H16N2O6. The minimum absolute atomic E-state index is 0.208. The minimum Gasteiger partial charge on any atom is -0.506 e. The van der Waals surface area contributed by atoms with E-state index in [1.807, 2.05) is 30.3 Å². The molecule has 142 valence electrons. The highest BCUT2D eigenvalue weighted by Crippen LogP contribution is 2.41. The van der Waals surface area contributed by atoms with E-state index in [0.29, 0.717) is 11.3 Å². The Morgan fingerprint density at radius 3 is 2.61 bits per heavy atom. The van der Waals surface area contributed by atoms with E-state index in [1.165, 1.54) is 4.57 Å². The lowest BCUT2D eigenvalue weighted by Gasteiger charge is -2.24. The van der Waals surface area contributed by atoms with Crippen molar-refractivity contribution in [1.82, 2.24) is 9.88 Å². The third-order valence-electron chi connectivity index (χ3n) is 4.63. The first-order valence-corrected chi connectivity index (χ1v) is 8.59. The van der Waals surface area contributed by atoms with Gasteiger partial charge in [-0.1, -0.05) is 30.3 Å². The van der Waals surface area contributed by atoms with Gasteiger partial charge >= 0.3 is 5.97 Å². The molecule has 0 bridgehead atoms. The zero-order valence-electron chi connectivity index (χ0n) is 14.6. The van der Waals surface area contributed by atoms with Crippen LogP contribution in [0.25, 0.3) is 22.0 Å². The molecule has 2 aromatic carbocycles. The highest BCUT2D eigenvalue weighted by molar-refractivity contribution is 6.05. The number of aliphatic carboxylic acids is 1. The number of carbonyl (C=O) groups excluding carboxylic acids is 1. The number of nitrogens with one attached hydrogen (secondary N) is 1. The van der Waals surface area contributed by atoms with E-state index in [1.54, 1.807) is 12.1 Å². The Labute approximate surface area is 158 Å². The molecule has 1 aliphatic heterocycles. The molecule has 8 nitrogen and oxygen atoms in total. The van der Waals surface area contributed by atoms with E-state index < -0.39 is 35.3 Å². The largest absolute Gasteiger partial charge is 0.506 e. The highest BCUT2D eigenvalue weighted by Gasteiger charge is 2.27. The average molecular weight is 380 g/mol. The lowest BCUT2D eigenvalue weighted by Crippen LogP contribution is -2.37. The summed E-state index contributed by atoms with van der Waals surface area (Å²) in [6, 6.07) is 12.9. The summed E-state index contributed by atoms with van der Waals surface area (Å²) < 4.78 is 7.21. The number of ether oxygens (including phenoxy) is 1. The predicted molar refractivity (Wildman–Crippen MR) is 101 cm³/mol. The molecule has 1 amide bonds. The first-order chi connectivity index (χ1) is 13.5. The first-order valence-electron chi connectivity index (χ1n) is 8.59. The predicted octanol–water partition coefficient (Wildman–Crippen LogP) is 1.58. The molecule has 3 N–H and O–H groups in total. The van der Waals surface area contributed by atoms with Gasteiger partial charge in [0.1, 0.15) is 24.5 Å². The number of aromatic nitrogens is 1. The maximum atomic E-state index is 12.9. The number of pyridine rings is 1. The van der Waals surface area contributed by atoms with Gasteiger partial charge in [-0.15, -0.1) is 0 Å². The van der Waals surface area contributed by atoms with Crippen LogP contribution < -0.4 is 15.6 Å². The van der Waals surface area contributed by atoms with E-state index in [0.717, 1.165) is 11.1 Å². The summed E-state index contributed by atoms with van der Waals surface area (Å²) in [6.45, 7) is -0.218. The van der Waals surface area contributed by atoms with Crippen LogP contribution in [0.1, 0.15) is 10.4 Å². The topological polar surface area (TPSA) is 118 Å². The summed E-state index contributed by atoms with van der Waals surface area (Å²) in [5, 5.41) is 21.8. The van der Waals surface area contributed by atoms with Gasteiger partial charge in [0.2, 0.25) is 0 Å². The van der Waals surface area contributed by atoms with Crippen LogP contribution in [0.15, 0.2) is 47.3 Å². The van der Waals surface area contributed by atoms with Crippen LogP contribution in [-0.4, -0.2) is 39.8 Å². The fourth-order valence-electron chi connectivity index (χ4n) is 3.40. The van der Waals surface area contributed by atoms with Gasteiger partial charge in [0.05, 0.1) is 12.1 Å². The first kappa shape index (κ1) is 17.6. The van der Waals surface area contributed by atoms with E-state index in [4.69, 9.17) is 9.84 Å². The Kier molecular flexibility index (Phi) is 4.23. The molecule has 0 radical (unpaired) electrons. The number of rotatable bonds is 4. The number of aromatic hydroxyl groups is 1. The van der Waals surface area contributed by atoms with Crippen LogP contribution in [0.4, 0.5) is 0 Å². The van der Waals surface area contributed by atoms with Crippen molar-refractivity contribution in [2.75, 3.05) is 13.2 Å². The molecule has 0 unspecified atom stereocenters. The molecule has 0 saturated heterocycles. The number of amides is 1. The van der Waals surface area contributed by atoms with Gasteiger partial charge in [-0.05, 0) is 17.7 Å². The zero-order chi connectivity index (χ0) is 19.8. The fourth-order valence-corrected chi connectivity index (χ4v) is 3.40. The summed E-state index contributed by atoms with van der Waals surface area (Å²) in [4.78, 5) is 35.9. The van der Waals surface area contributed by atoms with Gasteiger partial charge in [-0.25, -0.2) is 0 Å². The molecule has 0 saturated carbocycles. The van der Waals surface area contributed by atoms with Gasteiger partial charge in [0.25, 0.3) is 11.5 Å². The zero-order valence-corrected chi connectivity index (χ0v) is 14.6. The molecule has 8 heteroatoms. The van der Waals surface area contributed by atoms with E-state index >= 15 is 0 Å². The summed E-state index contributed by atoms with van der Waals surface area (Å²) in [6.07, 6.45) is 0. The van der Waals surface area contributed by atoms with Crippen molar-refractivity contribution in [3.05, 3.63) is 58.4 Å². The van der Waals surface area contributed by atoms with Crippen LogP contribution >= 0.6 is 0 Å². The lowest BCUT2D eigenvalue weighted by molar-refractivity contribution is -0.135. The maximum absolute atomic E-state index is 12.9. The van der Waals surface area contributed by atoms with Gasteiger partial charge < -0.3 is 24.8 Å². The Balaban J connectivity index is 1.96. The normalized spacial score (nSPS) is 12.4. The van der Waals surface area contributed by atoms with Gasteiger partial charge in [0.15, 0.2) is 5.75 Å². The third kappa shape index (κ3) is 2.75. The molecule has 1 aliphatic rings. The van der Waals surface area contributed by atoms with Crippen molar-refractivity contribution in [3.8, 4) is 22.6 Å². The standard InChI is InChI=1S/C20H16N2O6/c23-14(24)10-21-19(26)15-17(25)13-7-6-12(11-4-2-1-3-5-11)18-16(13)22(20(15)27)8-9-28-18/h1-7,25H,8-10H2,(H,21,26)(H,23,24). The molecule has 1 aromatic heterocycles. The summed E-state index contributed by atoms with van der Waals surface area (Å²) in [5.41, 5.74) is 0.896. The van der Waals surface area contributed by atoms with Crippen molar-refractivity contribution in [2.45, 2.75) is 6.54 Å². The second-order valence-corrected chi connectivity index (χ2v) is 6.31. The quantitative estimate of drug-likeness (QED) is 0.633. The van der Waals surface area contributed by atoms with Crippen molar-refractivity contribution in [1.29, 1.82) is 0 Å². The second-order valence-electron chi connectivity index (χ2n) is 6.31. The third-order valence-corrected chi connectivity index (χ3v) is 4.63. The van der Waals surface area contributed by atoms with Crippen LogP contribution in [0.5, 0.6) is 11.5 Å². The SMILES string of the molecule is O=C(O)CNC(=O)c1c(O)c2ccc(-c3ccccc3)c3c2n(c1=O)CCO3. The molecule has 2 heterocycles. The summed E-state index contributed by atoms with van der Waals surface area (Å²) in [7, 11) is 0. The number of carbonyl (C=O) groups is 2. The van der Waals surface area contributed by atoms with Gasteiger partial charge in [0, 0.05) is 10.9 Å². The monoisotopic (exact) mass is 380 g/mol. The van der Waals surface area contributed by atoms with Gasteiger partial charge in [-0.2, -0.15) is 0 Å². The Hall–Kier alpha value is -3.81. The molecule has 0 aliphatic carbocycles. The molecule has 4 rings (SSSR count). The average Bonchev–Trinajstić information content (AvgIpc) is 2.70. The van der Waals surface area contributed by atoms with Crippen molar-refractivity contribution >= 4 is 22.8 Å². The number of nitrogens with zero attached hydrogens (tertiary/aromatic N) is 1. The number of hydrogen-bond donors (Lipinski definition) is 3. The van der Waals surface area contributed by atoms with Crippen molar-refractivity contribution in [3.63, 3.8) is 0 Å². The Morgan fingerprint density at radius 2 is 1.89 bits per heavy atom. The number of hydrogen-bond acceptors (Lipinski definition) is 5. The van der Waals surface area contributed by atoms with Crippen LogP contribution in [0.3, 0.4) is 0 Å². The number of carboxylic acid groups (broad SMARTS) is 1. The molecule has 0 spiro atoms. The van der Waals surface area contributed by atoms with E-state index in [9.17, 15) is 19.5 Å².